The number of ether oxygens (including phenoxy) is 1. The molecule has 3 unspecified atom stereocenters. The van der Waals surface area contributed by atoms with Crippen LogP contribution in [0.2, 0.25) is 18.1 Å². The molecule has 0 aromatic carbocycles. The summed E-state index contributed by atoms with van der Waals surface area (Å²) in [4.78, 5) is 12.6. The maximum absolute atomic E-state index is 12.6. The highest BCUT2D eigenvalue weighted by Crippen LogP contribution is 2.66. The first kappa shape index (κ1) is 24.7. The van der Waals surface area contributed by atoms with E-state index in [1.54, 1.807) is 12.5 Å². The summed E-state index contributed by atoms with van der Waals surface area (Å²) in [5, 5.41) is 0.265. The van der Waals surface area contributed by atoms with E-state index in [-0.39, 0.29) is 22.5 Å². The molecule has 0 aliphatic heterocycles. The number of allylic oxidation sites excluding steroid dienone is 1. The second kappa shape index (κ2) is 8.05. The average Bonchev–Trinajstić information content (AvgIpc) is 2.99. The van der Waals surface area contributed by atoms with Gasteiger partial charge in [-0.05, 0) is 98.6 Å². The number of methoxy groups -OCH3 is 1. The van der Waals surface area contributed by atoms with Crippen LogP contribution in [0.3, 0.4) is 0 Å². The first-order valence-corrected chi connectivity index (χ1v) is 16.1. The summed E-state index contributed by atoms with van der Waals surface area (Å²) >= 11 is 0. The van der Waals surface area contributed by atoms with Gasteiger partial charge in [0.25, 0.3) is 0 Å². The van der Waals surface area contributed by atoms with Crippen molar-refractivity contribution in [2.75, 3.05) is 7.11 Å². The fourth-order valence-corrected chi connectivity index (χ4v) is 9.66. The van der Waals surface area contributed by atoms with Crippen LogP contribution in [-0.4, -0.2) is 33.4 Å². The SMILES string of the molecule is CO[C@@H]1CC2C3CC=C4C[C@@H](O[Si](C)(C)C(C)(C)C)CC[C@]4(C)C3CC[C@]2(C)[C@H]1C(C)=O. The topological polar surface area (TPSA) is 35.5 Å². The summed E-state index contributed by atoms with van der Waals surface area (Å²) in [6.07, 6.45) is 11.4. The smallest absolute Gasteiger partial charge is 0.192 e. The van der Waals surface area contributed by atoms with Crippen LogP contribution >= 0.6 is 0 Å². The highest BCUT2D eigenvalue weighted by atomic mass is 28.4. The summed E-state index contributed by atoms with van der Waals surface area (Å²) < 4.78 is 12.8. The van der Waals surface area contributed by atoms with E-state index in [2.05, 4.69) is 53.8 Å². The molecule has 3 fully saturated rings. The van der Waals surface area contributed by atoms with Crippen LogP contribution in [-0.2, 0) is 14.0 Å². The molecule has 8 atom stereocenters. The van der Waals surface area contributed by atoms with Crippen LogP contribution in [0.4, 0.5) is 0 Å². The Morgan fingerprint density at radius 1 is 1.12 bits per heavy atom. The van der Waals surface area contributed by atoms with Crippen molar-refractivity contribution in [1.29, 1.82) is 0 Å². The van der Waals surface area contributed by atoms with Crippen molar-refractivity contribution < 1.29 is 14.0 Å². The molecule has 0 aromatic rings. The summed E-state index contributed by atoms with van der Waals surface area (Å²) in [6.45, 7) is 18.6. The highest BCUT2D eigenvalue weighted by molar-refractivity contribution is 6.74. The van der Waals surface area contributed by atoms with Crippen LogP contribution in [0.25, 0.3) is 0 Å². The monoisotopic (exact) mass is 460 g/mol. The van der Waals surface area contributed by atoms with Gasteiger partial charge in [0.1, 0.15) is 5.78 Å². The standard InChI is InChI=1S/C28H48O3Si/c1-18(29)25-24(30-7)17-23-21-11-10-19-16-20(31-32(8,9)26(2,3)4)12-14-27(19,5)22(21)13-15-28(23,25)6/h10,20-25H,11-17H2,1-9H3/t20-,21?,22?,23?,24+,25-,27-,28-/m0/s1. The third kappa shape index (κ3) is 3.71. The van der Waals surface area contributed by atoms with Gasteiger partial charge in [0, 0.05) is 19.1 Å². The molecule has 0 heterocycles. The van der Waals surface area contributed by atoms with Gasteiger partial charge in [-0.3, -0.25) is 4.79 Å². The van der Waals surface area contributed by atoms with E-state index in [1.165, 1.54) is 32.1 Å². The lowest BCUT2D eigenvalue weighted by molar-refractivity contribution is -0.131. The van der Waals surface area contributed by atoms with E-state index in [1.807, 2.05) is 7.11 Å². The quantitative estimate of drug-likeness (QED) is 0.329. The van der Waals surface area contributed by atoms with Gasteiger partial charge in [-0.2, -0.15) is 0 Å². The number of ketones is 1. The Morgan fingerprint density at radius 3 is 2.41 bits per heavy atom. The molecule has 0 aromatic heterocycles. The predicted octanol–water partition coefficient (Wildman–Crippen LogP) is 7.17. The van der Waals surface area contributed by atoms with Crippen LogP contribution in [0.1, 0.15) is 86.5 Å². The van der Waals surface area contributed by atoms with Gasteiger partial charge in [-0.15, -0.1) is 0 Å². The molecular weight excluding hydrogens is 412 g/mol. The molecule has 4 aliphatic carbocycles. The molecule has 182 valence electrons. The lowest BCUT2D eigenvalue weighted by atomic mass is 9.47. The van der Waals surface area contributed by atoms with Crippen molar-refractivity contribution in [1.82, 2.24) is 0 Å². The molecule has 4 rings (SSSR count). The number of Topliss-reactive ketones (excluding diaryl/α,β-unsaturated/α-hetero) is 1. The van der Waals surface area contributed by atoms with Gasteiger partial charge < -0.3 is 9.16 Å². The molecule has 4 heteroatoms. The van der Waals surface area contributed by atoms with Gasteiger partial charge in [0.15, 0.2) is 8.32 Å². The third-order valence-electron chi connectivity index (χ3n) is 11.1. The zero-order valence-electron chi connectivity index (χ0n) is 22.2. The lowest BCUT2D eigenvalue weighted by Crippen LogP contribution is -2.52. The molecule has 4 aliphatic rings. The lowest BCUT2D eigenvalue weighted by Gasteiger charge is -2.58. The zero-order chi connectivity index (χ0) is 23.7. The predicted molar refractivity (Wildman–Crippen MR) is 134 cm³/mol. The Morgan fingerprint density at radius 2 is 1.81 bits per heavy atom. The zero-order valence-corrected chi connectivity index (χ0v) is 23.2. The molecule has 0 radical (unpaired) electrons. The number of carbonyl (C=O) groups is 1. The fourth-order valence-electron chi connectivity index (χ4n) is 8.27. The first-order chi connectivity index (χ1) is 14.7. The Balaban J connectivity index is 1.56. The summed E-state index contributed by atoms with van der Waals surface area (Å²) in [5.41, 5.74) is 2.11. The van der Waals surface area contributed by atoms with E-state index in [0.29, 0.717) is 29.1 Å². The van der Waals surface area contributed by atoms with Crippen molar-refractivity contribution in [2.24, 2.45) is 34.5 Å². The summed E-state index contributed by atoms with van der Waals surface area (Å²) in [6, 6.07) is 0. The average molecular weight is 461 g/mol. The largest absolute Gasteiger partial charge is 0.414 e. The maximum Gasteiger partial charge on any atom is 0.192 e. The molecule has 0 saturated heterocycles. The number of carbonyl (C=O) groups excluding carboxylic acids is 1. The normalized spacial score (nSPS) is 44.3. The third-order valence-corrected chi connectivity index (χ3v) is 15.6. The minimum Gasteiger partial charge on any atom is -0.414 e. The van der Waals surface area contributed by atoms with E-state index >= 15 is 0 Å². The Labute approximate surface area is 198 Å². The molecule has 3 saturated carbocycles. The maximum atomic E-state index is 12.6. The number of hydrogen-bond acceptors (Lipinski definition) is 3. The number of rotatable bonds is 4. The van der Waals surface area contributed by atoms with Crippen molar-refractivity contribution in [2.45, 2.75) is 117 Å². The molecular formula is C28H48O3Si. The van der Waals surface area contributed by atoms with Gasteiger partial charge in [-0.25, -0.2) is 0 Å². The van der Waals surface area contributed by atoms with Gasteiger partial charge in [0.05, 0.1) is 6.10 Å². The molecule has 3 nitrogen and oxygen atoms in total. The molecule has 32 heavy (non-hydrogen) atoms. The minimum absolute atomic E-state index is 0.0744. The number of hydrogen-bond donors (Lipinski definition) is 0. The van der Waals surface area contributed by atoms with E-state index in [4.69, 9.17) is 9.16 Å². The minimum atomic E-state index is -1.74. The Hall–Kier alpha value is -0.453. The van der Waals surface area contributed by atoms with Crippen molar-refractivity contribution >= 4 is 14.1 Å². The summed E-state index contributed by atoms with van der Waals surface area (Å²) in [7, 11) is 0.0694. The van der Waals surface area contributed by atoms with Gasteiger partial charge >= 0.3 is 0 Å². The molecule has 0 spiro atoms. The van der Waals surface area contributed by atoms with E-state index in [0.717, 1.165) is 18.8 Å². The van der Waals surface area contributed by atoms with Gasteiger partial charge in [0.2, 0.25) is 0 Å². The second-order valence-electron chi connectivity index (χ2n) is 13.6. The van der Waals surface area contributed by atoms with Crippen molar-refractivity contribution in [3.63, 3.8) is 0 Å². The molecule has 0 bridgehead atoms. The van der Waals surface area contributed by atoms with E-state index < -0.39 is 8.32 Å². The van der Waals surface area contributed by atoms with Crippen LogP contribution in [0.5, 0.6) is 0 Å². The summed E-state index contributed by atoms with van der Waals surface area (Å²) in [5.74, 6) is 2.46. The second-order valence-corrected chi connectivity index (χ2v) is 18.4. The Kier molecular flexibility index (Phi) is 6.21. The van der Waals surface area contributed by atoms with Crippen LogP contribution < -0.4 is 0 Å². The van der Waals surface area contributed by atoms with Crippen molar-refractivity contribution in [3.05, 3.63) is 11.6 Å². The van der Waals surface area contributed by atoms with E-state index in [9.17, 15) is 4.79 Å². The van der Waals surface area contributed by atoms with Crippen LogP contribution in [0.15, 0.2) is 11.6 Å². The number of fused-ring (bicyclic) bond motifs is 5. The first-order valence-electron chi connectivity index (χ1n) is 13.1. The highest BCUT2D eigenvalue weighted by Gasteiger charge is 2.62. The molecule has 0 amide bonds. The fraction of sp³-hybridized carbons (Fsp3) is 0.893. The molecule has 0 N–H and O–H groups in total. The Bertz CT molecular complexity index is 780. The van der Waals surface area contributed by atoms with Gasteiger partial charge in [-0.1, -0.05) is 46.3 Å². The van der Waals surface area contributed by atoms with Crippen molar-refractivity contribution in [3.8, 4) is 0 Å². The van der Waals surface area contributed by atoms with Crippen LogP contribution in [0, 0.1) is 34.5 Å².